The second-order valence-electron chi connectivity index (χ2n) is 5.96. The van der Waals surface area contributed by atoms with Crippen LogP contribution in [0.4, 0.5) is 5.13 Å². The third kappa shape index (κ3) is 4.11. The van der Waals surface area contributed by atoms with E-state index in [2.05, 4.69) is 10.1 Å². The van der Waals surface area contributed by atoms with Crippen LogP contribution in [0, 0.1) is 0 Å². The molecule has 0 aliphatic carbocycles. The van der Waals surface area contributed by atoms with Crippen molar-refractivity contribution in [3.8, 4) is 5.75 Å². The van der Waals surface area contributed by atoms with Gasteiger partial charge in [0, 0.05) is 4.88 Å². The molecule has 0 atom stereocenters. The normalized spacial score (nSPS) is 11.2. The van der Waals surface area contributed by atoms with Crippen molar-refractivity contribution in [3.63, 3.8) is 0 Å². The van der Waals surface area contributed by atoms with Gasteiger partial charge in [-0.15, -0.1) is 11.3 Å². The maximum Gasteiger partial charge on any atom is 0.253 e. The molecule has 140 valence electrons. The van der Waals surface area contributed by atoms with Gasteiger partial charge in [-0.1, -0.05) is 47.7 Å². The summed E-state index contributed by atoms with van der Waals surface area (Å²) in [6, 6.07) is 19.2. The summed E-state index contributed by atoms with van der Waals surface area (Å²) >= 11 is 2.98. The van der Waals surface area contributed by atoms with Crippen LogP contribution in [0.15, 0.2) is 71.1 Å². The molecule has 0 fully saturated rings. The quantitative estimate of drug-likeness (QED) is 0.335. The molecule has 0 saturated carbocycles. The fourth-order valence-electron chi connectivity index (χ4n) is 2.66. The molecule has 0 spiro atoms. The number of carbonyl (C=O) groups is 1. The molecule has 7 heteroatoms. The molecule has 2 aromatic heterocycles. The number of nitrogens with zero attached hydrogens (tertiary/aromatic N) is 3. The molecule has 2 heterocycles. The van der Waals surface area contributed by atoms with E-state index in [-0.39, 0.29) is 12.3 Å². The summed E-state index contributed by atoms with van der Waals surface area (Å²) in [5.74, 6) is 0.622. The lowest BCUT2D eigenvalue weighted by Crippen LogP contribution is -2.27. The number of ether oxygens (including phenoxy) is 1. The summed E-state index contributed by atoms with van der Waals surface area (Å²) in [4.78, 5) is 18.6. The minimum Gasteiger partial charge on any atom is -0.497 e. The van der Waals surface area contributed by atoms with Gasteiger partial charge in [-0.2, -0.15) is 10.1 Å². The predicted octanol–water partition coefficient (Wildman–Crippen LogP) is 4.98. The van der Waals surface area contributed by atoms with Crippen LogP contribution in [0.3, 0.4) is 0 Å². The van der Waals surface area contributed by atoms with E-state index in [1.54, 1.807) is 24.7 Å². The average molecular weight is 408 g/mol. The number of hydrogen-bond donors (Lipinski definition) is 0. The molecule has 0 aliphatic rings. The van der Waals surface area contributed by atoms with Crippen LogP contribution in [-0.2, 0) is 11.2 Å². The van der Waals surface area contributed by atoms with Gasteiger partial charge in [-0.05, 0) is 35.2 Å². The number of aromatic nitrogens is 1. The highest BCUT2D eigenvalue weighted by Gasteiger charge is 2.20. The summed E-state index contributed by atoms with van der Waals surface area (Å²) in [5, 5.41) is 8.36. The van der Waals surface area contributed by atoms with Gasteiger partial charge in [0.15, 0.2) is 0 Å². The van der Waals surface area contributed by atoms with Crippen molar-refractivity contribution in [2.75, 3.05) is 12.1 Å². The number of fused-ring (bicyclic) bond motifs is 1. The van der Waals surface area contributed by atoms with Crippen molar-refractivity contribution in [3.05, 3.63) is 76.5 Å². The van der Waals surface area contributed by atoms with E-state index in [9.17, 15) is 4.79 Å². The Bertz CT molecular complexity index is 1110. The van der Waals surface area contributed by atoms with Crippen LogP contribution in [0.2, 0.25) is 0 Å². The summed E-state index contributed by atoms with van der Waals surface area (Å²) in [7, 11) is 1.63. The fourth-order valence-corrected chi connectivity index (χ4v) is 4.20. The Morgan fingerprint density at radius 3 is 2.79 bits per heavy atom. The van der Waals surface area contributed by atoms with E-state index in [0.29, 0.717) is 5.13 Å². The Hall–Kier alpha value is -3.03. The second-order valence-corrected chi connectivity index (χ2v) is 7.95. The van der Waals surface area contributed by atoms with Crippen molar-refractivity contribution < 1.29 is 9.53 Å². The van der Waals surface area contributed by atoms with E-state index >= 15 is 0 Å². The molecular formula is C21H17N3O2S2. The van der Waals surface area contributed by atoms with E-state index in [0.717, 1.165) is 26.4 Å². The van der Waals surface area contributed by atoms with Crippen LogP contribution in [0.25, 0.3) is 10.2 Å². The van der Waals surface area contributed by atoms with Crippen molar-refractivity contribution in [2.45, 2.75) is 6.42 Å². The number of hydrogen-bond acceptors (Lipinski definition) is 6. The van der Waals surface area contributed by atoms with Gasteiger partial charge in [-0.25, -0.2) is 4.98 Å². The first-order valence-electron chi connectivity index (χ1n) is 8.62. The molecule has 0 unspecified atom stereocenters. The topological polar surface area (TPSA) is 54.8 Å². The Morgan fingerprint density at radius 2 is 2.04 bits per heavy atom. The number of amides is 1. The van der Waals surface area contributed by atoms with Gasteiger partial charge in [-0.3, -0.25) is 4.79 Å². The zero-order chi connectivity index (χ0) is 19.3. The lowest BCUT2D eigenvalue weighted by Gasteiger charge is -2.13. The van der Waals surface area contributed by atoms with E-state index in [4.69, 9.17) is 4.74 Å². The molecule has 4 aromatic rings. The third-order valence-electron chi connectivity index (χ3n) is 4.04. The molecule has 0 aliphatic heterocycles. The minimum atomic E-state index is -0.134. The van der Waals surface area contributed by atoms with Crippen molar-refractivity contribution in [2.24, 2.45) is 5.10 Å². The summed E-state index contributed by atoms with van der Waals surface area (Å²) < 4.78 is 6.23. The molecule has 0 radical (unpaired) electrons. The van der Waals surface area contributed by atoms with Gasteiger partial charge in [0.05, 0.1) is 30.0 Å². The highest BCUT2D eigenvalue weighted by atomic mass is 32.1. The number of benzene rings is 2. The van der Waals surface area contributed by atoms with Crippen molar-refractivity contribution in [1.29, 1.82) is 0 Å². The summed E-state index contributed by atoms with van der Waals surface area (Å²) in [6.07, 6.45) is 1.95. The Kier molecular flexibility index (Phi) is 5.45. The van der Waals surface area contributed by atoms with Crippen LogP contribution < -0.4 is 9.75 Å². The number of thiophene rings is 1. The third-order valence-corrected chi connectivity index (χ3v) is 5.84. The first-order chi connectivity index (χ1) is 13.7. The van der Waals surface area contributed by atoms with Gasteiger partial charge in [0.2, 0.25) is 5.13 Å². The monoisotopic (exact) mass is 407 g/mol. The molecule has 4 rings (SSSR count). The second kappa shape index (κ2) is 8.33. The summed E-state index contributed by atoms with van der Waals surface area (Å²) in [5.41, 5.74) is 1.75. The molecule has 0 saturated heterocycles. The van der Waals surface area contributed by atoms with Crippen LogP contribution in [0.1, 0.15) is 10.4 Å². The van der Waals surface area contributed by atoms with E-state index < -0.39 is 0 Å². The number of carbonyl (C=O) groups excluding carboxylic acids is 1. The van der Waals surface area contributed by atoms with Gasteiger partial charge in [0.25, 0.3) is 5.91 Å². The van der Waals surface area contributed by atoms with Gasteiger partial charge < -0.3 is 4.74 Å². The smallest absolute Gasteiger partial charge is 0.253 e. The highest BCUT2D eigenvalue weighted by Crippen LogP contribution is 2.32. The van der Waals surface area contributed by atoms with Gasteiger partial charge in [0.1, 0.15) is 5.75 Å². The van der Waals surface area contributed by atoms with Crippen molar-refractivity contribution >= 4 is 50.1 Å². The van der Waals surface area contributed by atoms with Gasteiger partial charge >= 0.3 is 0 Å². The lowest BCUT2D eigenvalue weighted by molar-refractivity contribution is -0.118. The van der Waals surface area contributed by atoms with Crippen LogP contribution in [-0.4, -0.2) is 24.2 Å². The molecule has 28 heavy (non-hydrogen) atoms. The fraction of sp³-hybridized carbons (Fsp3) is 0.0952. The molecule has 0 bridgehead atoms. The number of anilines is 1. The summed E-state index contributed by atoms with van der Waals surface area (Å²) in [6.45, 7) is 0. The number of methoxy groups -OCH3 is 1. The largest absolute Gasteiger partial charge is 0.497 e. The SMILES string of the molecule is COc1ccc2nc(N(/N=C\c3cccs3)C(=O)Cc3ccccc3)sc2c1. The Balaban J connectivity index is 1.68. The van der Waals surface area contributed by atoms with Crippen LogP contribution >= 0.6 is 22.7 Å². The molecule has 5 nitrogen and oxygen atoms in total. The molecule has 0 N–H and O–H groups in total. The first-order valence-corrected chi connectivity index (χ1v) is 10.3. The Labute approximate surface area is 170 Å². The van der Waals surface area contributed by atoms with E-state index in [1.807, 2.05) is 66.0 Å². The number of rotatable bonds is 6. The highest BCUT2D eigenvalue weighted by molar-refractivity contribution is 7.22. The maximum absolute atomic E-state index is 13.0. The molecule has 2 aromatic carbocycles. The zero-order valence-corrected chi connectivity index (χ0v) is 16.7. The maximum atomic E-state index is 13.0. The molecular weight excluding hydrogens is 390 g/mol. The number of thiazole rings is 1. The average Bonchev–Trinajstić information content (AvgIpc) is 3.38. The Morgan fingerprint density at radius 1 is 1.18 bits per heavy atom. The molecule has 1 amide bonds. The number of hydrazone groups is 1. The lowest BCUT2D eigenvalue weighted by atomic mass is 10.1. The minimum absolute atomic E-state index is 0.134. The van der Waals surface area contributed by atoms with E-state index in [1.165, 1.54) is 16.3 Å². The standard InChI is InChI=1S/C21H17N3O2S2/c1-26-16-9-10-18-19(13-16)28-21(23-18)24(22-14-17-8-5-11-27-17)20(25)12-15-6-3-2-4-7-15/h2-11,13-14H,12H2,1H3/b22-14-. The van der Waals surface area contributed by atoms with Crippen LogP contribution in [0.5, 0.6) is 5.75 Å². The van der Waals surface area contributed by atoms with Crippen molar-refractivity contribution in [1.82, 2.24) is 4.98 Å². The zero-order valence-electron chi connectivity index (χ0n) is 15.1. The predicted molar refractivity (Wildman–Crippen MR) is 116 cm³/mol. The first kappa shape index (κ1) is 18.3.